The number of H-pyrrole nitrogens is 1. The lowest BCUT2D eigenvalue weighted by Crippen LogP contribution is -2.46. The van der Waals surface area contributed by atoms with Gasteiger partial charge in [0.2, 0.25) is 5.91 Å². The van der Waals surface area contributed by atoms with Crippen LogP contribution in [0.1, 0.15) is 18.9 Å². The Hall–Kier alpha value is -1.89. The summed E-state index contributed by atoms with van der Waals surface area (Å²) in [4.78, 5) is 39.2. The van der Waals surface area contributed by atoms with Gasteiger partial charge in [0, 0.05) is 50.9 Å². The second-order valence-electron chi connectivity index (χ2n) is 4.84. The molecule has 2 N–H and O–H groups in total. The van der Waals surface area contributed by atoms with Crippen LogP contribution in [0.5, 0.6) is 0 Å². The largest absolute Gasteiger partial charge is 0.340 e. The number of nitrogens with zero attached hydrogens (tertiary/aromatic N) is 2. The Morgan fingerprint density at radius 1 is 1.30 bits per heavy atom. The molecule has 1 saturated heterocycles. The molecule has 0 bridgehead atoms. The molecule has 7 nitrogen and oxygen atoms in total. The van der Waals surface area contributed by atoms with Gasteiger partial charge in [-0.25, -0.2) is 4.79 Å². The third-order valence-electron chi connectivity index (χ3n) is 3.50. The smallest absolute Gasteiger partial charge is 0.328 e. The minimum atomic E-state index is -0.458. The number of rotatable bonds is 4. The maximum absolute atomic E-state index is 12.0. The van der Waals surface area contributed by atoms with Crippen LogP contribution in [0.15, 0.2) is 15.8 Å². The highest BCUT2D eigenvalue weighted by molar-refractivity contribution is 5.76. The lowest BCUT2D eigenvalue weighted by molar-refractivity contribution is -0.132. The van der Waals surface area contributed by atoms with Crippen LogP contribution in [0.25, 0.3) is 0 Å². The highest BCUT2D eigenvalue weighted by atomic mass is 16.2. The first-order chi connectivity index (χ1) is 9.61. The number of hydrogen-bond acceptors (Lipinski definition) is 4. The van der Waals surface area contributed by atoms with Gasteiger partial charge in [0.25, 0.3) is 5.56 Å². The van der Waals surface area contributed by atoms with Gasteiger partial charge in [-0.15, -0.1) is 0 Å². The van der Waals surface area contributed by atoms with E-state index in [0.717, 1.165) is 13.1 Å². The summed E-state index contributed by atoms with van der Waals surface area (Å²) in [6, 6.07) is 0. The number of aromatic amines is 1. The standard InChI is InChI=1S/C13H20N4O3/c1-2-10-9-17(13(20)15-12(10)19)6-3-11(18)16-7-4-14-5-8-16/h9,14H,2-8H2,1H3,(H,15,19,20). The molecule has 0 saturated carbocycles. The quantitative estimate of drug-likeness (QED) is 0.734. The minimum absolute atomic E-state index is 0.0441. The van der Waals surface area contributed by atoms with Crippen LogP contribution < -0.4 is 16.6 Å². The summed E-state index contributed by atoms with van der Waals surface area (Å²) in [5, 5.41) is 3.18. The first-order valence-corrected chi connectivity index (χ1v) is 6.93. The second kappa shape index (κ2) is 6.51. The molecule has 1 aromatic heterocycles. The normalized spacial score (nSPS) is 15.3. The van der Waals surface area contributed by atoms with Gasteiger partial charge in [-0.2, -0.15) is 0 Å². The average molecular weight is 280 g/mol. The lowest BCUT2D eigenvalue weighted by Gasteiger charge is -2.27. The van der Waals surface area contributed by atoms with E-state index >= 15 is 0 Å². The Labute approximate surface area is 116 Å². The van der Waals surface area contributed by atoms with Gasteiger partial charge < -0.3 is 10.2 Å². The van der Waals surface area contributed by atoms with E-state index in [2.05, 4.69) is 10.3 Å². The van der Waals surface area contributed by atoms with E-state index in [1.165, 1.54) is 4.57 Å². The highest BCUT2D eigenvalue weighted by Crippen LogP contribution is 1.99. The molecule has 1 amide bonds. The molecule has 110 valence electrons. The molecular formula is C13H20N4O3. The van der Waals surface area contributed by atoms with Gasteiger partial charge in [0.05, 0.1) is 0 Å². The van der Waals surface area contributed by atoms with E-state index in [1.54, 1.807) is 11.1 Å². The van der Waals surface area contributed by atoms with E-state index in [4.69, 9.17) is 0 Å². The van der Waals surface area contributed by atoms with Crippen molar-refractivity contribution >= 4 is 5.91 Å². The van der Waals surface area contributed by atoms with E-state index < -0.39 is 5.69 Å². The van der Waals surface area contributed by atoms with Crippen LogP contribution in [0.2, 0.25) is 0 Å². The van der Waals surface area contributed by atoms with Gasteiger partial charge >= 0.3 is 5.69 Å². The number of aryl methyl sites for hydroxylation is 2. The topological polar surface area (TPSA) is 87.2 Å². The Bertz CT molecular complexity index is 584. The summed E-state index contributed by atoms with van der Waals surface area (Å²) >= 11 is 0. The molecule has 0 radical (unpaired) electrons. The Morgan fingerprint density at radius 2 is 2.00 bits per heavy atom. The summed E-state index contributed by atoms with van der Waals surface area (Å²) in [5.41, 5.74) is -0.248. The first-order valence-electron chi connectivity index (χ1n) is 6.93. The third kappa shape index (κ3) is 3.36. The zero-order chi connectivity index (χ0) is 14.5. The molecular weight excluding hydrogens is 260 g/mol. The van der Waals surface area contributed by atoms with Crippen LogP contribution in [-0.2, 0) is 17.8 Å². The van der Waals surface area contributed by atoms with Gasteiger partial charge in [0.15, 0.2) is 0 Å². The maximum Gasteiger partial charge on any atom is 0.328 e. The lowest BCUT2D eigenvalue weighted by atomic mass is 10.2. The Kier molecular flexibility index (Phi) is 4.73. The number of carbonyl (C=O) groups excluding carboxylic acids is 1. The van der Waals surface area contributed by atoms with E-state index in [1.807, 2.05) is 6.92 Å². The van der Waals surface area contributed by atoms with Crippen molar-refractivity contribution in [3.05, 3.63) is 32.6 Å². The van der Waals surface area contributed by atoms with Crippen LogP contribution in [0.4, 0.5) is 0 Å². The SMILES string of the molecule is CCc1cn(CCC(=O)N2CCNCC2)c(=O)[nH]c1=O. The summed E-state index contributed by atoms with van der Waals surface area (Å²) in [5.74, 6) is 0.0441. The van der Waals surface area contributed by atoms with Gasteiger partial charge in [-0.1, -0.05) is 6.92 Å². The van der Waals surface area contributed by atoms with Crippen molar-refractivity contribution in [2.45, 2.75) is 26.3 Å². The average Bonchev–Trinajstić information content (AvgIpc) is 2.47. The molecule has 20 heavy (non-hydrogen) atoms. The molecule has 0 unspecified atom stereocenters. The molecule has 2 rings (SSSR count). The summed E-state index contributed by atoms with van der Waals surface area (Å²) in [6.07, 6.45) is 2.38. The summed E-state index contributed by atoms with van der Waals surface area (Å²) in [6.45, 7) is 5.18. The minimum Gasteiger partial charge on any atom is -0.340 e. The van der Waals surface area contributed by atoms with Gasteiger partial charge in [-0.3, -0.25) is 19.1 Å². The summed E-state index contributed by atoms with van der Waals surface area (Å²) in [7, 11) is 0. The van der Waals surface area contributed by atoms with Crippen molar-refractivity contribution in [3.63, 3.8) is 0 Å². The number of amides is 1. The van der Waals surface area contributed by atoms with Crippen LogP contribution in [-0.4, -0.2) is 46.5 Å². The second-order valence-corrected chi connectivity index (χ2v) is 4.84. The molecule has 0 aliphatic carbocycles. The molecule has 1 aliphatic heterocycles. The van der Waals surface area contributed by atoms with Crippen molar-refractivity contribution in [1.29, 1.82) is 0 Å². The fraction of sp³-hybridized carbons (Fsp3) is 0.615. The molecule has 0 aromatic carbocycles. The van der Waals surface area contributed by atoms with Crippen molar-refractivity contribution in [1.82, 2.24) is 19.8 Å². The number of piperazine rings is 1. The molecule has 2 heterocycles. The maximum atomic E-state index is 12.0. The fourth-order valence-corrected chi connectivity index (χ4v) is 2.26. The van der Waals surface area contributed by atoms with Crippen molar-refractivity contribution in [2.24, 2.45) is 0 Å². The molecule has 1 aromatic rings. The fourth-order valence-electron chi connectivity index (χ4n) is 2.26. The van der Waals surface area contributed by atoms with E-state index in [9.17, 15) is 14.4 Å². The molecule has 1 aliphatic rings. The molecule has 7 heteroatoms. The first kappa shape index (κ1) is 14.5. The zero-order valence-corrected chi connectivity index (χ0v) is 11.6. The van der Waals surface area contributed by atoms with Gasteiger partial charge in [-0.05, 0) is 6.42 Å². The predicted molar refractivity (Wildman–Crippen MR) is 74.8 cm³/mol. The number of nitrogens with one attached hydrogen (secondary N) is 2. The Balaban J connectivity index is 2.01. The van der Waals surface area contributed by atoms with Crippen molar-refractivity contribution < 1.29 is 4.79 Å². The number of carbonyl (C=O) groups is 1. The highest BCUT2D eigenvalue weighted by Gasteiger charge is 2.16. The monoisotopic (exact) mass is 280 g/mol. The van der Waals surface area contributed by atoms with E-state index in [0.29, 0.717) is 31.6 Å². The van der Waals surface area contributed by atoms with Crippen molar-refractivity contribution in [2.75, 3.05) is 26.2 Å². The third-order valence-corrected chi connectivity index (χ3v) is 3.50. The molecule has 0 atom stereocenters. The van der Waals surface area contributed by atoms with Crippen molar-refractivity contribution in [3.8, 4) is 0 Å². The van der Waals surface area contributed by atoms with Crippen LogP contribution in [0, 0.1) is 0 Å². The van der Waals surface area contributed by atoms with Crippen LogP contribution >= 0.6 is 0 Å². The molecule has 0 spiro atoms. The zero-order valence-electron chi connectivity index (χ0n) is 11.6. The predicted octanol–water partition coefficient (Wildman–Crippen LogP) is -1.08. The van der Waals surface area contributed by atoms with Gasteiger partial charge in [0.1, 0.15) is 0 Å². The molecule has 1 fully saturated rings. The van der Waals surface area contributed by atoms with Crippen LogP contribution in [0.3, 0.4) is 0 Å². The number of hydrogen-bond donors (Lipinski definition) is 2. The Morgan fingerprint density at radius 3 is 2.65 bits per heavy atom. The summed E-state index contributed by atoms with van der Waals surface area (Å²) < 4.78 is 1.40. The van der Waals surface area contributed by atoms with E-state index in [-0.39, 0.29) is 17.9 Å². The number of aromatic nitrogens is 2.